The molecule has 1 nitrogen and oxygen atoms in total. The second-order valence-electron chi connectivity index (χ2n) is 6.32. The number of rotatable bonds is 1. The number of nitrogens with two attached hydrogens (primary N) is 1. The van der Waals surface area contributed by atoms with Crippen LogP contribution in [-0.2, 0) is 18.5 Å². The molecule has 0 spiro atoms. The summed E-state index contributed by atoms with van der Waals surface area (Å²) in [6.07, 6.45) is -16.4. The molecule has 138 valence electrons. The molecule has 0 aliphatic rings. The summed E-state index contributed by atoms with van der Waals surface area (Å²) >= 11 is 0. The van der Waals surface area contributed by atoms with Crippen molar-refractivity contribution in [2.24, 2.45) is 11.1 Å². The molecule has 0 aromatic heterocycles. The van der Waals surface area contributed by atoms with Crippen LogP contribution in [0.3, 0.4) is 0 Å². The van der Waals surface area contributed by atoms with Gasteiger partial charge in [0.05, 0.1) is 16.7 Å². The highest BCUT2D eigenvalue weighted by Crippen LogP contribution is 2.47. The molecule has 0 saturated heterocycles. The summed E-state index contributed by atoms with van der Waals surface area (Å²) in [6, 6.07) is -2.23. The maximum Gasteiger partial charge on any atom is 0.417 e. The average Bonchev–Trinajstić information content (AvgIpc) is 2.31. The second-order valence-corrected chi connectivity index (χ2v) is 6.32. The van der Waals surface area contributed by atoms with Gasteiger partial charge in [0.25, 0.3) is 0 Å². The van der Waals surface area contributed by atoms with Gasteiger partial charge in [-0.15, -0.1) is 0 Å². The first-order valence-corrected chi connectivity index (χ1v) is 6.52. The average molecular weight is 367 g/mol. The Morgan fingerprint density at radius 3 is 1.29 bits per heavy atom. The van der Waals surface area contributed by atoms with Gasteiger partial charge in [-0.2, -0.15) is 39.5 Å². The number of halogens is 9. The molecule has 24 heavy (non-hydrogen) atoms. The van der Waals surface area contributed by atoms with E-state index in [9.17, 15) is 39.5 Å². The Bertz CT molecular complexity index is 603. The van der Waals surface area contributed by atoms with Crippen LogP contribution in [0.5, 0.6) is 0 Å². The van der Waals surface area contributed by atoms with Crippen molar-refractivity contribution in [3.63, 3.8) is 0 Å². The highest BCUT2D eigenvalue weighted by atomic mass is 19.4. The van der Waals surface area contributed by atoms with Gasteiger partial charge in [0, 0.05) is 6.04 Å². The molecular weight excluding hydrogens is 353 g/mol. The number of benzene rings is 1. The Balaban J connectivity index is 3.89. The molecule has 0 aliphatic carbocycles. The van der Waals surface area contributed by atoms with Gasteiger partial charge in [-0.05, 0) is 23.1 Å². The van der Waals surface area contributed by atoms with Gasteiger partial charge in [0.1, 0.15) is 0 Å². The fourth-order valence-electron chi connectivity index (χ4n) is 2.05. The van der Waals surface area contributed by atoms with Crippen LogP contribution in [0, 0.1) is 5.41 Å². The van der Waals surface area contributed by atoms with Crippen molar-refractivity contribution < 1.29 is 39.5 Å². The Morgan fingerprint density at radius 1 is 0.667 bits per heavy atom. The third-order valence-electron chi connectivity index (χ3n) is 3.37. The normalized spacial score (nSPS) is 15.5. The first-order valence-electron chi connectivity index (χ1n) is 6.52. The van der Waals surface area contributed by atoms with Crippen LogP contribution in [0.2, 0.25) is 0 Å². The first-order chi connectivity index (χ1) is 10.4. The van der Waals surface area contributed by atoms with Crippen molar-refractivity contribution in [1.29, 1.82) is 0 Å². The number of hydrogen-bond acceptors (Lipinski definition) is 1. The summed E-state index contributed by atoms with van der Waals surface area (Å²) in [5, 5.41) is 0. The zero-order chi connectivity index (χ0) is 19.3. The standard InChI is InChI=1S/C14H14F9N/c1-11(2,3)10(24)6-4-8(13(18,19)20)9(14(21,22)23)5-7(6)12(15,16)17/h4-5,10H,24H2,1-3H3. The second kappa shape index (κ2) is 5.82. The summed E-state index contributed by atoms with van der Waals surface area (Å²) in [5.41, 5.74) is -2.97. The van der Waals surface area contributed by atoms with Gasteiger partial charge in [-0.3, -0.25) is 0 Å². The molecule has 1 aromatic carbocycles. The van der Waals surface area contributed by atoms with Crippen molar-refractivity contribution in [1.82, 2.24) is 0 Å². The maximum atomic E-state index is 13.1. The van der Waals surface area contributed by atoms with E-state index in [1.165, 1.54) is 20.8 Å². The van der Waals surface area contributed by atoms with E-state index in [0.717, 1.165) is 0 Å². The molecule has 1 unspecified atom stereocenters. The Hall–Kier alpha value is -1.45. The van der Waals surface area contributed by atoms with Gasteiger partial charge in [0.2, 0.25) is 0 Å². The van der Waals surface area contributed by atoms with Gasteiger partial charge in [-0.1, -0.05) is 20.8 Å². The molecule has 1 atom stereocenters. The molecule has 1 rings (SSSR count). The monoisotopic (exact) mass is 367 g/mol. The van der Waals surface area contributed by atoms with Crippen molar-refractivity contribution in [2.45, 2.75) is 45.3 Å². The van der Waals surface area contributed by atoms with Gasteiger partial charge >= 0.3 is 18.5 Å². The van der Waals surface area contributed by atoms with E-state index in [1.54, 1.807) is 0 Å². The quantitative estimate of drug-likeness (QED) is 0.625. The van der Waals surface area contributed by atoms with E-state index in [0.29, 0.717) is 0 Å². The predicted molar refractivity (Wildman–Crippen MR) is 67.8 cm³/mol. The molecule has 0 bridgehead atoms. The number of hydrogen-bond donors (Lipinski definition) is 1. The third kappa shape index (κ3) is 4.34. The fraction of sp³-hybridized carbons (Fsp3) is 0.571. The van der Waals surface area contributed by atoms with Gasteiger partial charge in [0.15, 0.2) is 0 Å². The zero-order valence-corrected chi connectivity index (χ0v) is 12.7. The SMILES string of the molecule is CC(C)(C)C(N)c1cc(C(F)(F)F)c(C(F)(F)F)cc1C(F)(F)F. The maximum absolute atomic E-state index is 13.1. The number of alkyl halides is 9. The van der Waals surface area contributed by atoms with Crippen LogP contribution in [0.25, 0.3) is 0 Å². The molecule has 0 amide bonds. The van der Waals surface area contributed by atoms with Crippen LogP contribution in [0.4, 0.5) is 39.5 Å². The lowest BCUT2D eigenvalue weighted by molar-refractivity contribution is -0.163. The van der Waals surface area contributed by atoms with E-state index in [4.69, 9.17) is 5.73 Å². The minimum atomic E-state index is -5.60. The third-order valence-corrected chi connectivity index (χ3v) is 3.37. The molecule has 1 aromatic rings. The van der Waals surface area contributed by atoms with Crippen molar-refractivity contribution in [3.8, 4) is 0 Å². The van der Waals surface area contributed by atoms with E-state index < -0.39 is 58.3 Å². The largest absolute Gasteiger partial charge is 0.417 e. The van der Waals surface area contributed by atoms with Gasteiger partial charge < -0.3 is 5.73 Å². The molecule has 0 saturated carbocycles. The highest BCUT2D eigenvalue weighted by molar-refractivity contribution is 5.44. The lowest BCUT2D eigenvalue weighted by atomic mass is 9.80. The smallest absolute Gasteiger partial charge is 0.323 e. The van der Waals surface area contributed by atoms with Crippen LogP contribution < -0.4 is 5.73 Å². The van der Waals surface area contributed by atoms with Gasteiger partial charge in [-0.25, -0.2) is 0 Å². The Labute approximate surface area is 131 Å². The first kappa shape index (κ1) is 20.6. The van der Waals surface area contributed by atoms with E-state index in [2.05, 4.69) is 0 Å². The molecule has 2 N–H and O–H groups in total. The van der Waals surface area contributed by atoms with Crippen LogP contribution in [0.15, 0.2) is 12.1 Å². The molecular formula is C14H14F9N. The summed E-state index contributed by atoms with van der Waals surface area (Å²) < 4.78 is 116. The summed E-state index contributed by atoms with van der Waals surface area (Å²) in [7, 11) is 0. The Kier molecular flexibility index (Phi) is 4.99. The minimum absolute atomic E-state index is 0.151. The lowest BCUT2D eigenvalue weighted by Crippen LogP contribution is -2.30. The minimum Gasteiger partial charge on any atom is -0.323 e. The lowest BCUT2D eigenvalue weighted by Gasteiger charge is -2.31. The highest BCUT2D eigenvalue weighted by Gasteiger charge is 2.47. The van der Waals surface area contributed by atoms with Crippen molar-refractivity contribution in [2.75, 3.05) is 0 Å². The summed E-state index contributed by atoms with van der Waals surface area (Å²) in [5.74, 6) is 0. The van der Waals surface area contributed by atoms with E-state index in [1.807, 2.05) is 0 Å². The summed E-state index contributed by atoms with van der Waals surface area (Å²) in [4.78, 5) is 0. The molecule has 0 aliphatic heterocycles. The van der Waals surface area contributed by atoms with E-state index >= 15 is 0 Å². The fourth-order valence-corrected chi connectivity index (χ4v) is 2.05. The topological polar surface area (TPSA) is 26.0 Å². The van der Waals surface area contributed by atoms with Crippen LogP contribution >= 0.6 is 0 Å². The molecule has 0 heterocycles. The summed E-state index contributed by atoms with van der Waals surface area (Å²) in [6.45, 7) is 4.09. The molecule has 0 radical (unpaired) electrons. The van der Waals surface area contributed by atoms with E-state index in [-0.39, 0.29) is 6.07 Å². The van der Waals surface area contributed by atoms with Crippen LogP contribution in [0.1, 0.15) is 49.1 Å². The Morgan fingerprint density at radius 2 is 1.00 bits per heavy atom. The van der Waals surface area contributed by atoms with Crippen molar-refractivity contribution >= 4 is 0 Å². The zero-order valence-electron chi connectivity index (χ0n) is 12.7. The van der Waals surface area contributed by atoms with Crippen molar-refractivity contribution in [3.05, 3.63) is 34.4 Å². The predicted octanol–water partition coefficient (Wildman–Crippen LogP) is 5.79. The molecule has 0 fully saturated rings. The van der Waals surface area contributed by atoms with Crippen LogP contribution in [-0.4, -0.2) is 0 Å². The molecule has 10 heteroatoms.